The van der Waals surface area contributed by atoms with Gasteiger partial charge in [0.25, 0.3) is 0 Å². The molecule has 0 radical (unpaired) electrons. The highest BCUT2D eigenvalue weighted by Gasteiger charge is 2.35. The molecule has 0 unspecified atom stereocenters. The molecule has 1 aromatic carbocycles. The van der Waals surface area contributed by atoms with E-state index in [-0.39, 0.29) is 11.6 Å². The fourth-order valence-corrected chi connectivity index (χ4v) is 4.12. The number of hydrogen-bond donors (Lipinski definition) is 1. The standard InChI is InChI=1S/C21H32N2O2/c1-20(2,3)25-19(24)22-21(11-7-4-8-12-21)13-14-23-15-17-9-5-6-10-18(17)16-23/h5-6,9-10H,4,7-8,11-16H2,1-3H3,(H,22,24). The molecule has 1 fully saturated rings. The second-order valence-corrected chi connectivity index (χ2v) is 8.70. The molecule has 4 heteroatoms. The predicted molar refractivity (Wildman–Crippen MR) is 100 cm³/mol. The van der Waals surface area contributed by atoms with Gasteiger partial charge in [0.2, 0.25) is 0 Å². The summed E-state index contributed by atoms with van der Waals surface area (Å²) in [5.74, 6) is 0. The molecule has 1 aliphatic heterocycles. The first-order chi connectivity index (χ1) is 11.9. The van der Waals surface area contributed by atoms with Gasteiger partial charge in [0.05, 0.1) is 0 Å². The molecule has 0 saturated heterocycles. The summed E-state index contributed by atoms with van der Waals surface area (Å²) < 4.78 is 5.52. The van der Waals surface area contributed by atoms with Crippen molar-refractivity contribution in [2.45, 2.75) is 83.5 Å². The van der Waals surface area contributed by atoms with Gasteiger partial charge in [-0.05, 0) is 51.2 Å². The lowest BCUT2D eigenvalue weighted by Gasteiger charge is -2.39. The maximum atomic E-state index is 12.4. The molecular formula is C21H32N2O2. The van der Waals surface area contributed by atoms with Crippen LogP contribution >= 0.6 is 0 Å². The van der Waals surface area contributed by atoms with Crippen molar-refractivity contribution in [2.24, 2.45) is 0 Å². The van der Waals surface area contributed by atoms with E-state index in [2.05, 4.69) is 34.5 Å². The molecule has 1 amide bonds. The second-order valence-electron chi connectivity index (χ2n) is 8.70. The Labute approximate surface area is 151 Å². The van der Waals surface area contributed by atoms with E-state index in [0.717, 1.165) is 38.9 Å². The van der Waals surface area contributed by atoms with Crippen LogP contribution in [0, 0.1) is 0 Å². The summed E-state index contributed by atoms with van der Waals surface area (Å²) in [7, 11) is 0. The lowest BCUT2D eigenvalue weighted by Crippen LogP contribution is -2.52. The molecule has 1 aliphatic carbocycles. The molecule has 1 aromatic rings. The van der Waals surface area contributed by atoms with Crippen LogP contribution in [0.15, 0.2) is 24.3 Å². The molecule has 0 aromatic heterocycles. The average Bonchev–Trinajstić information content (AvgIpc) is 2.95. The smallest absolute Gasteiger partial charge is 0.408 e. The highest BCUT2D eigenvalue weighted by molar-refractivity contribution is 5.68. The molecule has 4 nitrogen and oxygen atoms in total. The highest BCUT2D eigenvalue weighted by Crippen LogP contribution is 2.33. The quantitative estimate of drug-likeness (QED) is 0.866. The van der Waals surface area contributed by atoms with Crippen molar-refractivity contribution in [3.63, 3.8) is 0 Å². The van der Waals surface area contributed by atoms with Gasteiger partial charge in [0.1, 0.15) is 5.60 Å². The molecule has 3 rings (SSSR count). The van der Waals surface area contributed by atoms with E-state index < -0.39 is 5.60 Å². The van der Waals surface area contributed by atoms with Crippen molar-refractivity contribution in [2.75, 3.05) is 6.54 Å². The molecular weight excluding hydrogens is 312 g/mol. The van der Waals surface area contributed by atoms with Gasteiger partial charge in [-0.15, -0.1) is 0 Å². The van der Waals surface area contributed by atoms with Crippen molar-refractivity contribution < 1.29 is 9.53 Å². The minimum atomic E-state index is -0.448. The summed E-state index contributed by atoms with van der Waals surface area (Å²) in [5, 5.41) is 3.25. The van der Waals surface area contributed by atoms with Crippen LogP contribution in [-0.2, 0) is 17.8 Å². The highest BCUT2D eigenvalue weighted by atomic mass is 16.6. The number of alkyl carbamates (subject to hydrolysis) is 1. The fraction of sp³-hybridized carbons (Fsp3) is 0.667. The van der Waals surface area contributed by atoms with Crippen LogP contribution in [0.4, 0.5) is 4.79 Å². The summed E-state index contributed by atoms with van der Waals surface area (Å²) in [5.41, 5.74) is 2.34. The Bertz CT molecular complexity index is 575. The summed E-state index contributed by atoms with van der Waals surface area (Å²) in [6.45, 7) is 8.83. The zero-order valence-corrected chi connectivity index (χ0v) is 15.9. The molecule has 2 aliphatic rings. The minimum absolute atomic E-state index is 0.102. The first kappa shape index (κ1) is 18.2. The molecule has 0 spiro atoms. The summed E-state index contributed by atoms with van der Waals surface area (Å²) >= 11 is 0. The average molecular weight is 344 g/mol. The second kappa shape index (κ2) is 7.36. The molecule has 0 atom stereocenters. The fourth-order valence-electron chi connectivity index (χ4n) is 4.12. The Balaban J connectivity index is 1.59. The molecule has 1 saturated carbocycles. The summed E-state index contributed by atoms with van der Waals surface area (Å²) in [6.07, 6.45) is 6.51. The zero-order valence-electron chi connectivity index (χ0n) is 15.9. The topological polar surface area (TPSA) is 41.6 Å². The summed E-state index contributed by atoms with van der Waals surface area (Å²) in [6, 6.07) is 8.69. The van der Waals surface area contributed by atoms with Gasteiger partial charge in [-0.25, -0.2) is 4.79 Å². The van der Waals surface area contributed by atoms with Crippen molar-refractivity contribution in [3.05, 3.63) is 35.4 Å². The van der Waals surface area contributed by atoms with Crippen LogP contribution in [0.25, 0.3) is 0 Å². The number of rotatable bonds is 4. The predicted octanol–water partition coefficient (Wildman–Crippen LogP) is 4.62. The maximum absolute atomic E-state index is 12.4. The number of nitrogens with zero attached hydrogens (tertiary/aromatic N) is 1. The molecule has 138 valence electrons. The van der Waals surface area contributed by atoms with Crippen molar-refractivity contribution >= 4 is 6.09 Å². The van der Waals surface area contributed by atoms with Gasteiger partial charge in [-0.1, -0.05) is 43.5 Å². The van der Waals surface area contributed by atoms with Crippen LogP contribution in [0.3, 0.4) is 0 Å². The van der Waals surface area contributed by atoms with Crippen LogP contribution in [0.2, 0.25) is 0 Å². The van der Waals surface area contributed by atoms with E-state index in [4.69, 9.17) is 4.74 Å². The third-order valence-corrected chi connectivity index (χ3v) is 5.39. The first-order valence-corrected chi connectivity index (χ1v) is 9.66. The van der Waals surface area contributed by atoms with E-state index in [1.165, 1.54) is 30.4 Å². The minimum Gasteiger partial charge on any atom is -0.444 e. The number of amides is 1. The molecule has 1 N–H and O–H groups in total. The molecule has 25 heavy (non-hydrogen) atoms. The van der Waals surface area contributed by atoms with Crippen molar-refractivity contribution in [1.82, 2.24) is 10.2 Å². The van der Waals surface area contributed by atoms with Gasteiger partial charge < -0.3 is 10.1 Å². The Morgan fingerprint density at radius 3 is 2.28 bits per heavy atom. The Morgan fingerprint density at radius 1 is 1.12 bits per heavy atom. The number of carbonyl (C=O) groups excluding carboxylic acids is 1. The molecule has 0 bridgehead atoms. The van der Waals surface area contributed by atoms with Gasteiger partial charge >= 0.3 is 6.09 Å². The first-order valence-electron chi connectivity index (χ1n) is 9.66. The van der Waals surface area contributed by atoms with E-state index in [9.17, 15) is 4.79 Å². The van der Waals surface area contributed by atoms with Gasteiger partial charge in [0, 0.05) is 25.2 Å². The lowest BCUT2D eigenvalue weighted by atomic mass is 9.79. The Morgan fingerprint density at radius 2 is 1.72 bits per heavy atom. The Kier molecular flexibility index (Phi) is 5.38. The van der Waals surface area contributed by atoms with Crippen LogP contribution in [0.5, 0.6) is 0 Å². The van der Waals surface area contributed by atoms with Crippen molar-refractivity contribution in [1.29, 1.82) is 0 Å². The summed E-state index contributed by atoms with van der Waals surface area (Å²) in [4.78, 5) is 14.9. The van der Waals surface area contributed by atoms with Gasteiger partial charge in [0.15, 0.2) is 0 Å². The van der Waals surface area contributed by atoms with Crippen molar-refractivity contribution in [3.8, 4) is 0 Å². The van der Waals surface area contributed by atoms with Gasteiger partial charge in [-0.3, -0.25) is 4.90 Å². The van der Waals surface area contributed by atoms with E-state index >= 15 is 0 Å². The number of fused-ring (bicyclic) bond motifs is 1. The van der Waals surface area contributed by atoms with Crippen LogP contribution in [-0.4, -0.2) is 28.7 Å². The van der Waals surface area contributed by atoms with Crippen LogP contribution < -0.4 is 5.32 Å². The molecule has 1 heterocycles. The number of ether oxygens (including phenoxy) is 1. The number of benzene rings is 1. The normalized spacial score (nSPS) is 20.1. The Hall–Kier alpha value is -1.55. The number of hydrogen-bond acceptors (Lipinski definition) is 3. The third kappa shape index (κ3) is 4.97. The van der Waals surface area contributed by atoms with E-state index in [1.807, 2.05) is 20.8 Å². The zero-order chi connectivity index (χ0) is 17.9. The third-order valence-electron chi connectivity index (χ3n) is 5.39. The SMILES string of the molecule is CC(C)(C)OC(=O)NC1(CCN2Cc3ccccc3C2)CCCCC1. The largest absolute Gasteiger partial charge is 0.444 e. The lowest BCUT2D eigenvalue weighted by molar-refractivity contribution is 0.0403. The van der Waals surface area contributed by atoms with Gasteiger partial charge in [-0.2, -0.15) is 0 Å². The number of nitrogens with one attached hydrogen (secondary N) is 1. The van der Waals surface area contributed by atoms with Crippen LogP contribution in [0.1, 0.15) is 70.4 Å². The van der Waals surface area contributed by atoms with E-state index in [0.29, 0.717) is 0 Å². The number of carbonyl (C=O) groups is 1. The maximum Gasteiger partial charge on any atom is 0.408 e. The van der Waals surface area contributed by atoms with E-state index in [1.54, 1.807) is 0 Å². The monoisotopic (exact) mass is 344 g/mol.